The van der Waals surface area contributed by atoms with Crippen LogP contribution in [0.4, 0.5) is 0 Å². The fourth-order valence-corrected chi connectivity index (χ4v) is 2.23. The number of nitrogens with zero attached hydrogens (tertiary/aromatic N) is 1. The molecule has 0 atom stereocenters. The molecule has 2 rings (SSSR count). The van der Waals surface area contributed by atoms with Crippen molar-refractivity contribution >= 4 is 23.3 Å². The van der Waals surface area contributed by atoms with E-state index in [0.717, 1.165) is 5.56 Å². The van der Waals surface area contributed by atoms with E-state index in [4.69, 9.17) is 30.6 Å². The van der Waals surface area contributed by atoms with Crippen LogP contribution in [0.3, 0.4) is 0 Å². The van der Waals surface area contributed by atoms with Crippen molar-refractivity contribution in [2.45, 2.75) is 6.92 Å². The van der Waals surface area contributed by atoms with Crippen LogP contribution in [0.1, 0.15) is 22.8 Å². The highest BCUT2D eigenvalue weighted by atomic mass is 35.5. The average molecular weight is 364 g/mol. The monoisotopic (exact) mass is 363 g/mol. The molecule has 0 aliphatic rings. The number of hydrogen-bond acceptors (Lipinski definition) is 6. The third kappa shape index (κ3) is 4.42. The Bertz CT molecular complexity index is 762. The van der Waals surface area contributed by atoms with Crippen LogP contribution in [-0.2, 0) is 4.84 Å². The minimum atomic E-state index is -0.646. The maximum atomic E-state index is 12.3. The lowest BCUT2D eigenvalue weighted by atomic mass is 10.1. The van der Waals surface area contributed by atoms with Crippen molar-refractivity contribution < 1.29 is 23.8 Å². The van der Waals surface area contributed by atoms with E-state index in [1.54, 1.807) is 31.2 Å². The van der Waals surface area contributed by atoms with Crippen molar-refractivity contribution in [1.29, 1.82) is 0 Å². The van der Waals surface area contributed by atoms with Crippen LogP contribution in [0, 0.1) is 0 Å². The zero-order valence-corrected chi connectivity index (χ0v) is 15.1. The summed E-state index contributed by atoms with van der Waals surface area (Å²) in [5, 5.41) is 4.48. The van der Waals surface area contributed by atoms with Gasteiger partial charge < -0.3 is 19.0 Å². The Balaban J connectivity index is 2.23. The second-order valence-corrected chi connectivity index (χ2v) is 5.41. The van der Waals surface area contributed by atoms with E-state index >= 15 is 0 Å². The second kappa shape index (κ2) is 8.39. The van der Waals surface area contributed by atoms with Gasteiger partial charge in [0.25, 0.3) is 0 Å². The summed E-state index contributed by atoms with van der Waals surface area (Å²) in [7, 11) is 4.42. The Kier molecular flexibility index (Phi) is 6.25. The highest BCUT2D eigenvalue weighted by Crippen LogP contribution is 2.38. The van der Waals surface area contributed by atoms with Crippen molar-refractivity contribution in [2.75, 3.05) is 21.3 Å². The van der Waals surface area contributed by atoms with Crippen molar-refractivity contribution in [2.24, 2.45) is 5.16 Å². The summed E-state index contributed by atoms with van der Waals surface area (Å²) in [6.45, 7) is 1.73. The molecule has 0 amide bonds. The summed E-state index contributed by atoms with van der Waals surface area (Å²) in [6.07, 6.45) is 0. The number of halogens is 1. The lowest BCUT2D eigenvalue weighted by Gasteiger charge is -2.13. The molecule has 0 spiro atoms. The van der Waals surface area contributed by atoms with E-state index in [9.17, 15) is 4.79 Å². The molecule has 0 saturated carbocycles. The first-order valence-corrected chi connectivity index (χ1v) is 7.69. The summed E-state index contributed by atoms with van der Waals surface area (Å²) in [5.74, 6) is 0.453. The van der Waals surface area contributed by atoms with Crippen LogP contribution >= 0.6 is 11.6 Å². The van der Waals surface area contributed by atoms with Crippen molar-refractivity contribution in [3.63, 3.8) is 0 Å². The van der Waals surface area contributed by atoms with Gasteiger partial charge in [0.05, 0.1) is 32.6 Å². The van der Waals surface area contributed by atoms with Gasteiger partial charge in [0, 0.05) is 5.02 Å². The predicted octanol–water partition coefficient (Wildman–Crippen LogP) is 3.95. The van der Waals surface area contributed by atoms with Crippen LogP contribution in [0.2, 0.25) is 5.02 Å². The molecule has 0 aliphatic heterocycles. The van der Waals surface area contributed by atoms with Gasteiger partial charge in [-0.05, 0) is 36.8 Å². The molecule has 7 heteroatoms. The smallest absolute Gasteiger partial charge is 0.366 e. The summed E-state index contributed by atoms with van der Waals surface area (Å²) < 4.78 is 15.6. The van der Waals surface area contributed by atoms with E-state index in [-0.39, 0.29) is 5.56 Å². The predicted molar refractivity (Wildman–Crippen MR) is 95.2 cm³/mol. The number of rotatable bonds is 6. The van der Waals surface area contributed by atoms with Crippen molar-refractivity contribution in [1.82, 2.24) is 0 Å². The molecule has 0 bridgehead atoms. The first-order valence-electron chi connectivity index (χ1n) is 7.32. The molecule has 0 unspecified atom stereocenters. The Morgan fingerprint density at radius 2 is 1.48 bits per heavy atom. The second-order valence-electron chi connectivity index (χ2n) is 4.98. The molecule has 0 N–H and O–H groups in total. The van der Waals surface area contributed by atoms with Crippen LogP contribution in [0.5, 0.6) is 17.2 Å². The zero-order chi connectivity index (χ0) is 18.4. The van der Waals surface area contributed by atoms with E-state index in [1.807, 2.05) is 0 Å². The zero-order valence-electron chi connectivity index (χ0n) is 14.3. The fraction of sp³-hybridized carbons (Fsp3) is 0.222. The van der Waals surface area contributed by atoms with Gasteiger partial charge in [-0.2, -0.15) is 0 Å². The molecule has 6 nitrogen and oxygen atoms in total. The minimum Gasteiger partial charge on any atom is -0.493 e. The quantitative estimate of drug-likeness (QED) is 0.441. The number of oxime groups is 1. The van der Waals surface area contributed by atoms with Gasteiger partial charge in [0.1, 0.15) is 0 Å². The topological polar surface area (TPSA) is 66.4 Å². The van der Waals surface area contributed by atoms with E-state index in [1.165, 1.54) is 33.5 Å². The third-order valence-corrected chi connectivity index (χ3v) is 3.68. The van der Waals surface area contributed by atoms with Crippen molar-refractivity contribution in [3.8, 4) is 17.2 Å². The number of methoxy groups -OCH3 is 3. The van der Waals surface area contributed by atoms with Gasteiger partial charge in [-0.3, -0.25) is 0 Å². The standard InChI is InChI=1S/C18H18ClNO5/c1-11(12-5-7-14(19)8-6-12)20-25-18(21)13-9-15(22-2)17(24-4)16(10-13)23-3/h5-10H,1-4H3. The van der Waals surface area contributed by atoms with Crippen molar-refractivity contribution in [3.05, 3.63) is 52.5 Å². The number of hydrogen-bond donors (Lipinski definition) is 0. The SMILES string of the molecule is COc1cc(C(=O)ON=C(C)c2ccc(Cl)cc2)cc(OC)c1OC. The summed E-state index contributed by atoms with van der Waals surface area (Å²) in [4.78, 5) is 17.3. The van der Waals surface area contributed by atoms with Gasteiger partial charge in [-0.25, -0.2) is 4.79 Å². The molecule has 132 valence electrons. The maximum absolute atomic E-state index is 12.3. The average Bonchev–Trinajstić information content (AvgIpc) is 2.64. The first kappa shape index (κ1) is 18.6. The van der Waals surface area contributed by atoms with Crippen LogP contribution in [0.15, 0.2) is 41.6 Å². The van der Waals surface area contributed by atoms with Crippen LogP contribution in [0.25, 0.3) is 0 Å². The molecule has 0 aromatic heterocycles. The number of carbonyl (C=O) groups excluding carboxylic acids is 1. The third-order valence-electron chi connectivity index (χ3n) is 3.43. The lowest BCUT2D eigenvalue weighted by Crippen LogP contribution is -2.06. The Labute approximate surface area is 150 Å². The summed E-state index contributed by atoms with van der Waals surface area (Å²) in [6, 6.07) is 10.0. The molecule has 0 aliphatic carbocycles. The Morgan fingerprint density at radius 1 is 0.920 bits per heavy atom. The van der Waals surface area contributed by atoms with Gasteiger partial charge in [-0.1, -0.05) is 28.9 Å². The van der Waals surface area contributed by atoms with Gasteiger partial charge in [-0.15, -0.1) is 0 Å². The molecule has 0 radical (unpaired) electrons. The summed E-state index contributed by atoms with van der Waals surface area (Å²) >= 11 is 5.85. The number of benzene rings is 2. The van der Waals surface area contributed by atoms with E-state index < -0.39 is 5.97 Å². The summed E-state index contributed by atoms with van der Waals surface area (Å²) in [5.41, 5.74) is 1.56. The van der Waals surface area contributed by atoms with Gasteiger partial charge in [0.2, 0.25) is 5.75 Å². The highest BCUT2D eigenvalue weighted by molar-refractivity contribution is 6.30. The largest absolute Gasteiger partial charge is 0.493 e. The van der Waals surface area contributed by atoms with E-state index in [0.29, 0.717) is 28.0 Å². The maximum Gasteiger partial charge on any atom is 0.366 e. The Morgan fingerprint density at radius 3 is 1.96 bits per heavy atom. The van der Waals surface area contributed by atoms with Crippen LogP contribution in [-0.4, -0.2) is 33.0 Å². The minimum absolute atomic E-state index is 0.224. The molecular weight excluding hydrogens is 346 g/mol. The molecule has 25 heavy (non-hydrogen) atoms. The molecule has 0 saturated heterocycles. The van der Waals surface area contributed by atoms with Crippen LogP contribution < -0.4 is 14.2 Å². The molecular formula is C18H18ClNO5. The Hall–Kier alpha value is -2.73. The highest BCUT2D eigenvalue weighted by Gasteiger charge is 2.18. The molecule has 2 aromatic rings. The first-order chi connectivity index (χ1) is 12.0. The number of carbonyl (C=O) groups is 1. The normalized spacial score (nSPS) is 11.0. The number of ether oxygens (including phenoxy) is 3. The van der Waals surface area contributed by atoms with E-state index in [2.05, 4.69) is 5.16 Å². The molecule has 0 heterocycles. The fourth-order valence-electron chi connectivity index (χ4n) is 2.11. The molecule has 0 fully saturated rings. The van der Waals surface area contributed by atoms with Gasteiger partial charge >= 0.3 is 5.97 Å². The lowest BCUT2D eigenvalue weighted by molar-refractivity contribution is 0.0515. The molecule has 2 aromatic carbocycles. The van der Waals surface area contributed by atoms with Gasteiger partial charge in [0.15, 0.2) is 11.5 Å².